The van der Waals surface area contributed by atoms with Crippen LogP contribution in [0.4, 0.5) is 39.8 Å². The van der Waals surface area contributed by atoms with Gasteiger partial charge in [-0.1, -0.05) is 51.8 Å². The number of nitrogens with one attached hydrogen (secondary N) is 2. The summed E-state index contributed by atoms with van der Waals surface area (Å²) in [5.74, 6) is 1.84. The number of phenolic OH excluding ortho intramolecular Hbond substituents is 1. The van der Waals surface area contributed by atoms with E-state index in [4.69, 9.17) is 0 Å². The molecule has 0 fully saturated rings. The summed E-state index contributed by atoms with van der Waals surface area (Å²) in [4.78, 5) is 26.6. The van der Waals surface area contributed by atoms with Gasteiger partial charge in [0.2, 0.25) is 0 Å². The Hall–Kier alpha value is -4.29. The van der Waals surface area contributed by atoms with E-state index < -0.39 is 21.2 Å². The molecule has 0 atom stereocenters. The highest BCUT2D eigenvalue weighted by Crippen LogP contribution is 2.40. The molecule has 0 heterocycles. The number of aryl methyl sites for hydroxylation is 1. The number of rotatable bonds is 8. The van der Waals surface area contributed by atoms with Gasteiger partial charge in [0.1, 0.15) is 17.1 Å². The minimum Gasteiger partial charge on any atom is -0.506 e. The molecule has 10 nitrogen and oxygen atoms in total. The maximum atomic E-state index is 11.8. The molecule has 4 aromatic carbocycles. The Bertz CT molecular complexity index is 1530. The summed E-state index contributed by atoms with van der Waals surface area (Å²) in [6, 6.07) is 21.4. The fourth-order valence-electron chi connectivity index (χ4n) is 3.48. The zero-order valence-electron chi connectivity index (χ0n) is 20.8. The number of benzene rings is 4. The number of halogens is 2. The minimum atomic E-state index is -0.684. The van der Waals surface area contributed by atoms with Gasteiger partial charge >= 0.3 is 0 Å². The Morgan fingerprint density at radius 3 is 2.08 bits per heavy atom. The van der Waals surface area contributed by atoms with Gasteiger partial charge in [-0.25, -0.2) is 0 Å². The van der Waals surface area contributed by atoms with E-state index in [0.717, 1.165) is 11.6 Å². The Morgan fingerprint density at radius 2 is 1.44 bits per heavy atom. The standard InChI is InChI=1S/C26H20BrN5O5.CH3Br/c1-16-9-11-18(12-10-16)29-22-13-23(25(32(36)37)14-24(22)31(34)35)30-21-8-3-2-7-20(21)28-15-17-5-4-6-19(27)26(17)33;1-2/h2-15,29-30,33H,1H3;1H3. The van der Waals surface area contributed by atoms with Gasteiger partial charge in [-0.05, 0) is 71.2 Å². The summed E-state index contributed by atoms with van der Waals surface area (Å²) in [5.41, 5.74) is 2.15. The first-order valence-corrected chi connectivity index (χ1v) is 13.7. The van der Waals surface area contributed by atoms with Crippen molar-refractivity contribution in [2.75, 3.05) is 16.5 Å². The molecule has 0 amide bonds. The third kappa shape index (κ3) is 7.39. The topological polar surface area (TPSA) is 143 Å². The maximum absolute atomic E-state index is 11.8. The fraction of sp³-hybridized carbons (Fsp3) is 0.0741. The number of anilines is 4. The molecule has 4 rings (SSSR count). The van der Waals surface area contributed by atoms with E-state index in [0.29, 0.717) is 27.1 Å². The number of aromatic hydroxyl groups is 1. The van der Waals surface area contributed by atoms with Gasteiger partial charge in [-0.2, -0.15) is 0 Å². The lowest BCUT2D eigenvalue weighted by molar-refractivity contribution is -0.393. The third-order valence-corrected chi connectivity index (χ3v) is 6.01. The third-order valence-electron chi connectivity index (χ3n) is 5.37. The molecule has 3 N–H and O–H groups in total. The quantitative estimate of drug-likeness (QED) is 0.0746. The monoisotopic (exact) mass is 655 g/mol. The number of nitro benzene ring substituents is 2. The number of alkyl halides is 1. The SMILES string of the molecule is CBr.Cc1ccc(Nc2cc(Nc3ccccc3N=Cc3cccc(Br)c3O)c([N+](=O)[O-])cc2[N+](=O)[O-])cc1. The normalized spacial score (nSPS) is 10.5. The van der Waals surface area contributed by atoms with Crippen LogP contribution in [0.3, 0.4) is 0 Å². The summed E-state index contributed by atoms with van der Waals surface area (Å²) in [6.07, 6.45) is 1.47. The van der Waals surface area contributed by atoms with Gasteiger partial charge in [0, 0.05) is 17.5 Å². The average molecular weight is 657 g/mol. The number of hydrogen-bond acceptors (Lipinski definition) is 8. The van der Waals surface area contributed by atoms with Crippen molar-refractivity contribution >= 4 is 77.9 Å². The first-order valence-electron chi connectivity index (χ1n) is 11.3. The predicted octanol–water partition coefficient (Wildman–Crippen LogP) is 8.53. The van der Waals surface area contributed by atoms with Gasteiger partial charge in [-0.3, -0.25) is 25.2 Å². The van der Waals surface area contributed by atoms with Gasteiger partial charge in [0.25, 0.3) is 11.4 Å². The van der Waals surface area contributed by atoms with Crippen molar-refractivity contribution in [3.05, 3.63) is 115 Å². The number of nitro groups is 2. The van der Waals surface area contributed by atoms with E-state index in [9.17, 15) is 25.3 Å². The van der Waals surface area contributed by atoms with Gasteiger partial charge in [-0.15, -0.1) is 0 Å². The number of aliphatic imine (C=N–C) groups is 1. The summed E-state index contributed by atoms with van der Waals surface area (Å²) >= 11 is 6.20. The zero-order chi connectivity index (χ0) is 28.5. The molecule has 0 aliphatic carbocycles. The predicted molar refractivity (Wildman–Crippen MR) is 162 cm³/mol. The lowest BCUT2D eigenvalue weighted by Crippen LogP contribution is -2.03. The van der Waals surface area contributed by atoms with Crippen molar-refractivity contribution in [1.82, 2.24) is 0 Å². The molecular formula is C27H23Br2N5O5. The second-order valence-electron chi connectivity index (χ2n) is 7.97. The van der Waals surface area contributed by atoms with Crippen LogP contribution in [-0.4, -0.2) is 27.0 Å². The van der Waals surface area contributed by atoms with Gasteiger partial charge < -0.3 is 15.7 Å². The summed E-state index contributed by atoms with van der Waals surface area (Å²) in [7, 11) is 0. The summed E-state index contributed by atoms with van der Waals surface area (Å²) in [6.45, 7) is 1.91. The first kappa shape index (κ1) is 29.3. The molecule has 0 aliphatic heterocycles. The van der Waals surface area contributed by atoms with Crippen molar-refractivity contribution in [2.45, 2.75) is 6.92 Å². The molecule has 12 heteroatoms. The highest BCUT2D eigenvalue weighted by atomic mass is 79.9. The van der Waals surface area contributed by atoms with Crippen LogP contribution in [0.2, 0.25) is 0 Å². The van der Waals surface area contributed by atoms with Crippen molar-refractivity contribution in [2.24, 2.45) is 4.99 Å². The van der Waals surface area contributed by atoms with Gasteiger partial charge in [0.05, 0.1) is 31.8 Å². The van der Waals surface area contributed by atoms with Crippen LogP contribution in [0, 0.1) is 27.2 Å². The molecule has 0 aromatic heterocycles. The van der Waals surface area contributed by atoms with Crippen LogP contribution in [-0.2, 0) is 0 Å². The van der Waals surface area contributed by atoms with Crippen LogP contribution in [0.25, 0.3) is 0 Å². The van der Waals surface area contributed by atoms with Crippen molar-refractivity contribution < 1.29 is 15.0 Å². The number of para-hydroxylation sites is 3. The average Bonchev–Trinajstić information content (AvgIpc) is 2.92. The van der Waals surface area contributed by atoms with Crippen LogP contribution >= 0.6 is 31.9 Å². The molecule has 0 saturated carbocycles. The lowest BCUT2D eigenvalue weighted by Gasteiger charge is -2.13. The molecule has 0 bridgehead atoms. The number of phenols is 1. The molecule has 39 heavy (non-hydrogen) atoms. The Labute approximate surface area is 241 Å². The molecule has 0 saturated heterocycles. The second-order valence-corrected chi connectivity index (χ2v) is 8.82. The van der Waals surface area contributed by atoms with Crippen LogP contribution in [0.15, 0.2) is 88.3 Å². The largest absolute Gasteiger partial charge is 0.506 e. The summed E-state index contributed by atoms with van der Waals surface area (Å²) < 4.78 is 0.512. The number of hydrogen-bond donors (Lipinski definition) is 3. The molecular weight excluding hydrogens is 634 g/mol. The van der Waals surface area contributed by atoms with E-state index in [2.05, 4.69) is 47.5 Å². The maximum Gasteiger partial charge on any atom is 0.299 e. The lowest BCUT2D eigenvalue weighted by atomic mass is 10.1. The Morgan fingerprint density at radius 1 is 0.821 bits per heavy atom. The minimum absolute atomic E-state index is 0.0227. The van der Waals surface area contributed by atoms with Crippen LogP contribution in [0.5, 0.6) is 5.75 Å². The van der Waals surface area contributed by atoms with E-state index >= 15 is 0 Å². The molecule has 0 aliphatic rings. The molecule has 0 spiro atoms. The summed E-state index contributed by atoms with van der Waals surface area (Å²) in [5, 5.41) is 39.7. The van der Waals surface area contributed by atoms with Crippen LogP contribution < -0.4 is 10.6 Å². The Kier molecular flexibility index (Phi) is 10.1. The zero-order valence-corrected chi connectivity index (χ0v) is 23.9. The van der Waals surface area contributed by atoms with Crippen molar-refractivity contribution in [1.29, 1.82) is 0 Å². The first-order chi connectivity index (χ1) is 18.7. The second kappa shape index (κ2) is 13.5. The molecule has 4 aromatic rings. The highest BCUT2D eigenvalue weighted by Gasteiger charge is 2.25. The smallest absolute Gasteiger partial charge is 0.299 e. The highest BCUT2D eigenvalue weighted by molar-refractivity contribution is 9.10. The molecule has 0 radical (unpaired) electrons. The fourth-order valence-corrected chi connectivity index (χ4v) is 3.87. The van der Waals surface area contributed by atoms with Crippen LogP contribution in [0.1, 0.15) is 11.1 Å². The van der Waals surface area contributed by atoms with Crippen molar-refractivity contribution in [3.8, 4) is 5.75 Å². The van der Waals surface area contributed by atoms with Gasteiger partial charge in [0.15, 0.2) is 0 Å². The van der Waals surface area contributed by atoms with Crippen molar-refractivity contribution in [3.63, 3.8) is 0 Å². The molecule has 200 valence electrons. The van der Waals surface area contributed by atoms with E-state index in [1.807, 2.05) is 24.9 Å². The van der Waals surface area contributed by atoms with E-state index in [-0.39, 0.29) is 17.1 Å². The number of nitrogens with zero attached hydrogens (tertiary/aromatic N) is 3. The van der Waals surface area contributed by atoms with E-state index in [1.165, 1.54) is 12.3 Å². The Balaban J connectivity index is 0.00000205. The molecule has 0 unspecified atom stereocenters. The van der Waals surface area contributed by atoms with E-state index in [1.54, 1.807) is 54.6 Å².